The van der Waals surface area contributed by atoms with E-state index < -0.39 is 6.04 Å². The first-order chi connectivity index (χ1) is 21.0. The highest BCUT2D eigenvalue weighted by atomic mass is 35.5. The molecule has 0 bridgehead atoms. The molecule has 2 aliphatic rings. The summed E-state index contributed by atoms with van der Waals surface area (Å²) < 4.78 is 17.7. The molecule has 2 aromatic heterocycles. The summed E-state index contributed by atoms with van der Waals surface area (Å²) in [5, 5.41) is 3.29. The van der Waals surface area contributed by atoms with Crippen LogP contribution in [0.3, 0.4) is 0 Å². The highest BCUT2D eigenvalue weighted by Gasteiger charge is 2.33. The zero-order valence-electron chi connectivity index (χ0n) is 23.5. The third-order valence-electron chi connectivity index (χ3n) is 7.40. The minimum atomic E-state index is -0.417. The molecule has 2 amide bonds. The highest BCUT2D eigenvalue weighted by Crippen LogP contribution is 2.32. The molecule has 2 aliphatic heterocycles. The Balaban J connectivity index is 1.17. The molecule has 4 aromatic rings. The molecule has 0 radical (unpaired) electrons. The van der Waals surface area contributed by atoms with Gasteiger partial charge in [0.1, 0.15) is 23.0 Å². The Morgan fingerprint density at radius 2 is 1.91 bits per heavy atom. The molecule has 0 aliphatic carbocycles. The average Bonchev–Trinajstić information content (AvgIpc) is 3.73. The predicted octanol–water partition coefficient (Wildman–Crippen LogP) is 3.13. The van der Waals surface area contributed by atoms with E-state index in [0.29, 0.717) is 61.4 Å². The summed E-state index contributed by atoms with van der Waals surface area (Å²) in [6.45, 7) is 1.93. The van der Waals surface area contributed by atoms with Gasteiger partial charge < -0.3 is 29.3 Å². The number of piperazine rings is 1. The van der Waals surface area contributed by atoms with E-state index in [1.165, 1.54) is 0 Å². The lowest BCUT2D eigenvalue weighted by molar-refractivity contribution is -0.122. The molecule has 222 valence electrons. The fourth-order valence-electron chi connectivity index (χ4n) is 5.18. The second-order valence-corrected chi connectivity index (χ2v) is 10.5. The highest BCUT2D eigenvalue weighted by molar-refractivity contribution is 6.29. The molecule has 0 spiro atoms. The van der Waals surface area contributed by atoms with Crippen molar-refractivity contribution >= 4 is 29.2 Å². The van der Waals surface area contributed by atoms with E-state index in [2.05, 4.69) is 20.3 Å². The van der Waals surface area contributed by atoms with Gasteiger partial charge in [-0.05, 0) is 48.4 Å². The number of carbonyl (C=O) groups excluding carboxylic acids is 2. The molecule has 4 heterocycles. The van der Waals surface area contributed by atoms with E-state index in [0.717, 1.165) is 11.3 Å². The van der Waals surface area contributed by atoms with Crippen molar-refractivity contribution in [1.82, 2.24) is 29.7 Å². The van der Waals surface area contributed by atoms with Crippen molar-refractivity contribution in [2.24, 2.45) is 0 Å². The molecule has 1 atom stereocenters. The van der Waals surface area contributed by atoms with Crippen LogP contribution in [0.4, 0.5) is 5.82 Å². The number of halogens is 1. The topological polar surface area (TPSA) is 124 Å². The normalized spacial score (nSPS) is 15.8. The number of anilines is 1. The van der Waals surface area contributed by atoms with Crippen LogP contribution in [0.25, 0.3) is 5.95 Å². The summed E-state index contributed by atoms with van der Waals surface area (Å²) in [6.07, 6.45) is 5.71. The van der Waals surface area contributed by atoms with Crippen molar-refractivity contribution in [3.63, 3.8) is 0 Å². The Hall–Kier alpha value is -4.84. The Morgan fingerprint density at radius 3 is 2.70 bits per heavy atom. The van der Waals surface area contributed by atoms with Crippen molar-refractivity contribution in [3.8, 4) is 23.2 Å². The summed E-state index contributed by atoms with van der Waals surface area (Å²) in [7, 11) is 1.58. The first-order valence-corrected chi connectivity index (χ1v) is 14.2. The van der Waals surface area contributed by atoms with Crippen LogP contribution in [0.15, 0.2) is 67.3 Å². The van der Waals surface area contributed by atoms with E-state index in [1.807, 2.05) is 23.1 Å². The van der Waals surface area contributed by atoms with Gasteiger partial charge in [0, 0.05) is 56.6 Å². The monoisotopic (exact) mass is 603 g/mol. The van der Waals surface area contributed by atoms with Crippen LogP contribution < -0.4 is 24.4 Å². The van der Waals surface area contributed by atoms with Crippen LogP contribution in [0.2, 0.25) is 5.15 Å². The van der Waals surface area contributed by atoms with Crippen molar-refractivity contribution in [1.29, 1.82) is 0 Å². The third kappa shape index (κ3) is 6.49. The Bertz CT molecular complexity index is 1600. The Morgan fingerprint density at radius 1 is 1.07 bits per heavy atom. The van der Waals surface area contributed by atoms with Gasteiger partial charge in [-0.15, -0.1) is 0 Å². The molecule has 1 saturated heterocycles. The zero-order valence-corrected chi connectivity index (χ0v) is 24.2. The molecule has 13 heteroatoms. The lowest BCUT2D eigenvalue weighted by Crippen LogP contribution is -2.56. The number of benzene rings is 2. The van der Waals surface area contributed by atoms with Crippen LogP contribution in [-0.4, -0.2) is 82.4 Å². The van der Waals surface area contributed by atoms with Crippen LogP contribution >= 0.6 is 11.6 Å². The fourth-order valence-corrected chi connectivity index (χ4v) is 5.36. The smallest absolute Gasteiger partial charge is 0.254 e. The number of imidazole rings is 1. The lowest BCUT2D eigenvalue weighted by Gasteiger charge is -2.42. The second kappa shape index (κ2) is 12.6. The van der Waals surface area contributed by atoms with Gasteiger partial charge in [0.05, 0.1) is 13.2 Å². The standard InChI is InChI=1S/C30H30ClN7O5/c1-41-23-5-3-21(4-6-23)29(40)38-13-12-36(27-16-26(31)34-30(35-27)37-11-10-32-18-37)17-22(38)15-28(39)33-9-8-20-2-7-24-25(14-20)43-19-42-24/h2-7,10-11,14,16,18,22H,8-9,12-13,15,17,19H2,1H3,(H,33,39). The number of ether oxygens (including phenoxy) is 3. The summed E-state index contributed by atoms with van der Waals surface area (Å²) >= 11 is 6.36. The zero-order chi connectivity index (χ0) is 29.8. The van der Waals surface area contributed by atoms with Crippen molar-refractivity contribution in [2.75, 3.05) is 45.0 Å². The number of nitrogens with one attached hydrogen (secondary N) is 1. The Kier molecular flexibility index (Phi) is 8.27. The molecule has 6 rings (SSSR count). The number of methoxy groups -OCH3 is 1. The average molecular weight is 604 g/mol. The van der Waals surface area contributed by atoms with E-state index in [9.17, 15) is 9.59 Å². The van der Waals surface area contributed by atoms with Crippen molar-refractivity contribution in [2.45, 2.75) is 18.9 Å². The number of rotatable bonds is 9. The number of aromatic nitrogens is 4. The molecule has 2 aromatic carbocycles. The third-order valence-corrected chi connectivity index (χ3v) is 7.60. The molecule has 1 N–H and O–H groups in total. The summed E-state index contributed by atoms with van der Waals surface area (Å²) in [4.78, 5) is 43.7. The van der Waals surface area contributed by atoms with Crippen LogP contribution in [0.5, 0.6) is 17.2 Å². The summed E-state index contributed by atoms with van der Waals surface area (Å²) in [6, 6.07) is 14.0. The molecule has 1 fully saturated rings. The summed E-state index contributed by atoms with van der Waals surface area (Å²) in [5.74, 6) is 2.77. The maximum atomic E-state index is 13.6. The first kappa shape index (κ1) is 28.3. The number of fused-ring (bicyclic) bond motifs is 1. The van der Waals surface area contributed by atoms with E-state index in [4.69, 9.17) is 25.8 Å². The largest absolute Gasteiger partial charge is 0.497 e. The van der Waals surface area contributed by atoms with Gasteiger partial charge in [-0.3, -0.25) is 14.2 Å². The number of hydrogen-bond acceptors (Lipinski definition) is 9. The van der Waals surface area contributed by atoms with Gasteiger partial charge >= 0.3 is 0 Å². The van der Waals surface area contributed by atoms with E-state index in [1.54, 1.807) is 65.6 Å². The van der Waals surface area contributed by atoms with Gasteiger partial charge in [-0.25, -0.2) is 9.97 Å². The van der Waals surface area contributed by atoms with E-state index >= 15 is 0 Å². The minimum absolute atomic E-state index is 0.118. The van der Waals surface area contributed by atoms with Crippen molar-refractivity contribution < 1.29 is 23.8 Å². The quantitative estimate of drug-likeness (QED) is 0.287. The molecule has 43 heavy (non-hydrogen) atoms. The van der Waals surface area contributed by atoms with Crippen LogP contribution in [0, 0.1) is 0 Å². The van der Waals surface area contributed by atoms with Gasteiger partial charge in [-0.2, -0.15) is 4.98 Å². The predicted molar refractivity (Wildman–Crippen MR) is 158 cm³/mol. The SMILES string of the molecule is COc1ccc(C(=O)N2CCN(c3cc(Cl)nc(-n4ccnc4)n3)CC2CC(=O)NCCc2ccc3c(c2)OCO3)cc1. The Labute approximate surface area is 253 Å². The van der Waals surface area contributed by atoms with Crippen LogP contribution in [-0.2, 0) is 11.2 Å². The summed E-state index contributed by atoms with van der Waals surface area (Å²) in [5.41, 5.74) is 1.55. The molecular weight excluding hydrogens is 574 g/mol. The lowest BCUT2D eigenvalue weighted by atomic mass is 10.0. The number of amides is 2. The van der Waals surface area contributed by atoms with Gasteiger partial charge in [-0.1, -0.05) is 17.7 Å². The molecule has 0 saturated carbocycles. The first-order valence-electron chi connectivity index (χ1n) is 13.8. The molecule has 1 unspecified atom stereocenters. The second-order valence-electron chi connectivity index (χ2n) is 10.1. The van der Waals surface area contributed by atoms with Gasteiger partial charge in [0.2, 0.25) is 18.6 Å². The minimum Gasteiger partial charge on any atom is -0.497 e. The van der Waals surface area contributed by atoms with Gasteiger partial charge in [0.25, 0.3) is 5.91 Å². The van der Waals surface area contributed by atoms with Crippen LogP contribution in [0.1, 0.15) is 22.3 Å². The number of carbonyl (C=O) groups is 2. The fraction of sp³-hybridized carbons (Fsp3) is 0.300. The maximum Gasteiger partial charge on any atom is 0.254 e. The van der Waals surface area contributed by atoms with E-state index in [-0.39, 0.29) is 30.2 Å². The number of hydrogen-bond donors (Lipinski definition) is 1. The van der Waals surface area contributed by atoms with Crippen molar-refractivity contribution in [3.05, 3.63) is 83.5 Å². The maximum absolute atomic E-state index is 13.6. The molecular formula is C30H30ClN7O5. The molecule has 12 nitrogen and oxygen atoms in total. The number of nitrogens with zero attached hydrogens (tertiary/aromatic N) is 6. The van der Waals surface area contributed by atoms with Gasteiger partial charge in [0.15, 0.2) is 11.5 Å².